The van der Waals surface area contributed by atoms with Crippen molar-refractivity contribution in [1.29, 1.82) is 5.26 Å². The maximum Gasteiger partial charge on any atom is 0.0991 e. The molecule has 1 aliphatic heterocycles. The summed E-state index contributed by atoms with van der Waals surface area (Å²) in [4.78, 5) is 0. The van der Waals surface area contributed by atoms with Crippen molar-refractivity contribution in [2.24, 2.45) is 5.41 Å². The maximum atomic E-state index is 8.86. The monoisotopic (exact) mass is 270 g/mol. The largest absolute Gasteiger partial charge is 0.372 e. The Labute approximate surface area is 120 Å². The molecule has 0 amide bonds. The highest BCUT2D eigenvalue weighted by Gasteiger charge is 2.35. The lowest BCUT2D eigenvalue weighted by molar-refractivity contribution is -0.00140. The Balaban J connectivity index is 1.68. The summed E-state index contributed by atoms with van der Waals surface area (Å²) >= 11 is 0. The van der Waals surface area contributed by atoms with Gasteiger partial charge in [0.25, 0.3) is 0 Å². The van der Waals surface area contributed by atoms with Gasteiger partial charge in [-0.1, -0.05) is 31.4 Å². The van der Waals surface area contributed by atoms with E-state index in [9.17, 15) is 0 Å². The molecule has 3 heteroatoms. The van der Waals surface area contributed by atoms with Crippen LogP contribution in [0.4, 0.5) is 0 Å². The third kappa shape index (κ3) is 2.87. The highest BCUT2D eigenvalue weighted by Crippen LogP contribution is 2.38. The molecule has 3 rings (SSSR count). The quantitative estimate of drug-likeness (QED) is 0.852. The zero-order chi connectivity index (χ0) is 13.8. The molecule has 0 bridgehead atoms. The van der Waals surface area contributed by atoms with E-state index in [1.54, 1.807) is 0 Å². The van der Waals surface area contributed by atoms with Gasteiger partial charge in [-0.3, -0.25) is 0 Å². The predicted molar refractivity (Wildman–Crippen MR) is 78.2 cm³/mol. The molecule has 0 aromatic heterocycles. The smallest absolute Gasteiger partial charge is 0.0991 e. The van der Waals surface area contributed by atoms with Gasteiger partial charge in [0.1, 0.15) is 0 Å². The second kappa shape index (κ2) is 5.95. The molecule has 2 fully saturated rings. The molecule has 2 aliphatic rings. The first kappa shape index (κ1) is 13.6. The van der Waals surface area contributed by atoms with Gasteiger partial charge in [0, 0.05) is 18.5 Å². The van der Waals surface area contributed by atoms with Gasteiger partial charge in [-0.15, -0.1) is 0 Å². The fourth-order valence-electron chi connectivity index (χ4n) is 3.47. The highest BCUT2D eigenvalue weighted by atomic mass is 16.5. The summed E-state index contributed by atoms with van der Waals surface area (Å²) in [6.07, 6.45) is 6.75. The molecule has 1 saturated carbocycles. The van der Waals surface area contributed by atoms with Crippen LogP contribution in [0.3, 0.4) is 0 Å². The van der Waals surface area contributed by atoms with E-state index < -0.39 is 0 Å². The number of benzene rings is 1. The molecule has 1 saturated heterocycles. The van der Waals surface area contributed by atoms with Gasteiger partial charge in [0.05, 0.1) is 24.3 Å². The number of hydrogen-bond donors (Lipinski definition) is 1. The molecule has 1 atom stereocenters. The Kier molecular flexibility index (Phi) is 4.05. The Morgan fingerprint density at radius 2 is 1.90 bits per heavy atom. The average Bonchev–Trinajstić information content (AvgIpc) is 2.71. The van der Waals surface area contributed by atoms with Gasteiger partial charge in [0.2, 0.25) is 0 Å². The summed E-state index contributed by atoms with van der Waals surface area (Å²) < 4.78 is 6.21. The Hall–Kier alpha value is -1.37. The van der Waals surface area contributed by atoms with Crippen LogP contribution in [-0.2, 0) is 4.74 Å². The van der Waals surface area contributed by atoms with Gasteiger partial charge in [-0.25, -0.2) is 0 Å². The summed E-state index contributed by atoms with van der Waals surface area (Å²) in [6, 6.07) is 9.94. The van der Waals surface area contributed by atoms with Crippen molar-refractivity contribution >= 4 is 0 Å². The molecular formula is C17H22N2O. The minimum Gasteiger partial charge on any atom is -0.372 e. The lowest BCUT2D eigenvalue weighted by Gasteiger charge is -2.35. The van der Waals surface area contributed by atoms with E-state index in [0.29, 0.717) is 11.0 Å². The fourth-order valence-corrected chi connectivity index (χ4v) is 3.47. The van der Waals surface area contributed by atoms with Crippen molar-refractivity contribution < 1.29 is 4.74 Å². The number of rotatable bonds is 1. The number of ether oxygens (including phenoxy) is 1. The highest BCUT2D eigenvalue weighted by molar-refractivity contribution is 5.32. The molecule has 20 heavy (non-hydrogen) atoms. The molecule has 1 N–H and O–H groups in total. The Morgan fingerprint density at radius 1 is 1.15 bits per heavy atom. The van der Waals surface area contributed by atoms with Gasteiger partial charge < -0.3 is 10.1 Å². The first-order chi connectivity index (χ1) is 9.81. The van der Waals surface area contributed by atoms with Crippen molar-refractivity contribution in [3.63, 3.8) is 0 Å². The van der Waals surface area contributed by atoms with E-state index in [0.717, 1.165) is 19.7 Å². The van der Waals surface area contributed by atoms with E-state index in [4.69, 9.17) is 10.00 Å². The molecule has 1 spiro atoms. The molecule has 3 nitrogen and oxygen atoms in total. The average molecular weight is 270 g/mol. The lowest BCUT2D eigenvalue weighted by atomic mass is 9.74. The second-order valence-electron chi connectivity index (χ2n) is 6.23. The van der Waals surface area contributed by atoms with E-state index in [-0.39, 0.29) is 6.10 Å². The molecule has 1 aromatic carbocycles. The van der Waals surface area contributed by atoms with E-state index in [1.165, 1.54) is 37.7 Å². The third-order valence-corrected chi connectivity index (χ3v) is 4.75. The molecule has 1 heterocycles. The van der Waals surface area contributed by atoms with E-state index in [1.807, 2.05) is 24.3 Å². The van der Waals surface area contributed by atoms with Gasteiger partial charge in [-0.05, 0) is 30.5 Å². The molecule has 106 valence electrons. The SMILES string of the molecule is N#Cc1ccc(C2CNCC3(CCCCC3)CO2)cc1. The topological polar surface area (TPSA) is 45.0 Å². The van der Waals surface area contributed by atoms with Gasteiger partial charge in [-0.2, -0.15) is 5.26 Å². The normalized spacial score (nSPS) is 25.9. The van der Waals surface area contributed by atoms with Crippen LogP contribution in [0.1, 0.15) is 49.3 Å². The molecule has 1 aromatic rings. The summed E-state index contributed by atoms with van der Waals surface area (Å²) in [5.41, 5.74) is 2.24. The van der Waals surface area contributed by atoms with E-state index >= 15 is 0 Å². The molecular weight excluding hydrogens is 248 g/mol. The number of hydrogen-bond acceptors (Lipinski definition) is 3. The number of nitriles is 1. The van der Waals surface area contributed by atoms with Crippen molar-refractivity contribution in [3.8, 4) is 6.07 Å². The van der Waals surface area contributed by atoms with Crippen molar-refractivity contribution in [3.05, 3.63) is 35.4 Å². The van der Waals surface area contributed by atoms with Crippen LogP contribution >= 0.6 is 0 Å². The molecule has 1 unspecified atom stereocenters. The summed E-state index contributed by atoms with van der Waals surface area (Å²) in [5, 5.41) is 12.5. The molecule has 1 aliphatic carbocycles. The van der Waals surface area contributed by atoms with Gasteiger partial charge in [0.15, 0.2) is 0 Å². The first-order valence-electron chi connectivity index (χ1n) is 7.64. The van der Waals surface area contributed by atoms with Crippen LogP contribution in [0, 0.1) is 16.7 Å². The van der Waals surface area contributed by atoms with Gasteiger partial charge >= 0.3 is 0 Å². The van der Waals surface area contributed by atoms with Crippen LogP contribution in [-0.4, -0.2) is 19.7 Å². The molecule has 0 radical (unpaired) electrons. The number of nitrogens with one attached hydrogen (secondary N) is 1. The van der Waals surface area contributed by atoms with Crippen LogP contribution in [0.15, 0.2) is 24.3 Å². The first-order valence-corrected chi connectivity index (χ1v) is 7.64. The third-order valence-electron chi connectivity index (χ3n) is 4.75. The summed E-state index contributed by atoms with van der Waals surface area (Å²) in [5.74, 6) is 0. The Morgan fingerprint density at radius 3 is 2.60 bits per heavy atom. The minimum atomic E-state index is 0.115. The van der Waals surface area contributed by atoms with Crippen molar-refractivity contribution in [2.75, 3.05) is 19.7 Å². The zero-order valence-corrected chi connectivity index (χ0v) is 11.9. The summed E-state index contributed by atoms with van der Waals surface area (Å²) in [7, 11) is 0. The standard InChI is InChI=1S/C17H22N2O/c18-10-14-4-6-15(7-5-14)16-11-19-12-17(13-20-16)8-2-1-3-9-17/h4-7,16,19H,1-3,8-9,11-13H2. The van der Waals surface area contributed by atoms with Crippen LogP contribution in [0.5, 0.6) is 0 Å². The Bertz CT molecular complexity index is 483. The van der Waals surface area contributed by atoms with Crippen molar-refractivity contribution in [2.45, 2.75) is 38.2 Å². The van der Waals surface area contributed by atoms with Crippen LogP contribution in [0.2, 0.25) is 0 Å². The lowest BCUT2D eigenvalue weighted by Crippen LogP contribution is -2.37. The fraction of sp³-hybridized carbons (Fsp3) is 0.588. The van der Waals surface area contributed by atoms with Crippen LogP contribution in [0.25, 0.3) is 0 Å². The van der Waals surface area contributed by atoms with E-state index in [2.05, 4.69) is 11.4 Å². The van der Waals surface area contributed by atoms with Crippen LogP contribution < -0.4 is 5.32 Å². The minimum absolute atomic E-state index is 0.115. The van der Waals surface area contributed by atoms with Crippen molar-refractivity contribution in [1.82, 2.24) is 5.32 Å². The zero-order valence-electron chi connectivity index (χ0n) is 11.9. The summed E-state index contributed by atoms with van der Waals surface area (Å²) in [6.45, 7) is 2.82. The predicted octanol–water partition coefficient (Wildman–Crippen LogP) is 3.17. The number of nitrogens with zero attached hydrogens (tertiary/aromatic N) is 1. The maximum absolute atomic E-state index is 8.86. The second-order valence-corrected chi connectivity index (χ2v) is 6.23.